The van der Waals surface area contributed by atoms with Crippen molar-refractivity contribution >= 4 is 33.3 Å². The minimum absolute atomic E-state index is 0.304. The standard InChI is InChI=1S/C52H36N4/c53-31-12-3-8-24-47-55-45(33-46(56-47)44-23-11-13-32-54-44)35-27-25-34(26-28-35)38-29-30-43-50-39(38)21-14-22-42(50)51-48(36-15-4-1-5-16-36)40-19-9-10-20-41(40)49(52(43)51)37-17-6-2-7-18-37/h1-2,4-11,13-30,33,54H,31-32,53H2/b24-8+. The van der Waals surface area contributed by atoms with Gasteiger partial charge < -0.3 is 11.1 Å². The molecule has 0 fully saturated rings. The number of nitrogens with two attached hydrogens (primary N) is 1. The summed E-state index contributed by atoms with van der Waals surface area (Å²) in [4.78, 5) is 9.75. The first-order valence-electron chi connectivity index (χ1n) is 19.0. The molecule has 0 spiro atoms. The molecule has 7 aromatic carbocycles. The van der Waals surface area contributed by atoms with Crippen LogP contribution in [0.3, 0.4) is 0 Å². The number of hydrogen-bond donors (Lipinski definition) is 2. The average molecular weight is 717 g/mol. The number of fused-ring (bicyclic) bond motifs is 4. The maximum atomic E-state index is 5.57. The number of hydrogen-bond acceptors (Lipinski definition) is 4. The van der Waals surface area contributed by atoms with Gasteiger partial charge in [-0.3, -0.25) is 0 Å². The highest BCUT2D eigenvalue weighted by Gasteiger charge is 2.31. The summed E-state index contributed by atoms with van der Waals surface area (Å²) in [5.74, 6) is 6.42. The van der Waals surface area contributed by atoms with Gasteiger partial charge in [-0.2, -0.15) is 0 Å². The second-order valence-corrected chi connectivity index (χ2v) is 14.0. The number of allylic oxidation sites excluding steroid dienone is 3. The molecule has 4 nitrogen and oxygen atoms in total. The predicted octanol–water partition coefficient (Wildman–Crippen LogP) is 11.6. The van der Waals surface area contributed by atoms with Crippen molar-refractivity contribution in [2.24, 2.45) is 5.73 Å². The van der Waals surface area contributed by atoms with Crippen LogP contribution in [0.5, 0.6) is 0 Å². The highest BCUT2D eigenvalue weighted by Crippen LogP contribution is 2.58. The van der Waals surface area contributed by atoms with Crippen molar-refractivity contribution in [1.29, 1.82) is 0 Å². The zero-order valence-corrected chi connectivity index (χ0v) is 30.6. The summed E-state index contributed by atoms with van der Waals surface area (Å²) in [7, 11) is 0. The quantitative estimate of drug-likeness (QED) is 0.168. The third-order valence-corrected chi connectivity index (χ3v) is 10.8. The van der Waals surface area contributed by atoms with Crippen LogP contribution in [0.15, 0.2) is 170 Å². The smallest absolute Gasteiger partial charge is 0.153 e. The molecule has 0 atom stereocenters. The fourth-order valence-corrected chi connectivity index (χ4v) is 8.38. The van der Waals surface area contributed by atoms with Crippen molar-refractivity contribution in [2.75, 3.05) is 13.1 Å². The number of nitrogens with zero attached hydrogens (tertiary/aromatic N) is 2. The number of benzene rings is 7. The van der Waals surface area contributed by atoms with Gasteiger partial charge >= 0.3 is 0 Å². The first-order valence-corrected chi connectivity index (χ1v) is 19.0. The molecule has 1 aliphatic carbocycles. The van der Waals surface area contributed by atoms with Gasteiger partial charge in [0, 0.05) is 12.1 Å². The number of aromatic nitrogens is 2. The number of dihydropyridines is 1. The molecule has 2 heterocycles. The van der Waals surface area contributed by atoms with Crippen molar-refractivity contribution in [3.8, 4) is 78.7 Å². The first kappa shape index (κ1) is 33.3. The molecule has 4 heteroatoms. The van der Waals surface area contributed by atoms with E-state index in [1.54, 1.807) is 6.08 Å². The summed E-state index contributed by atoms with van der Waals surface area (Å²) in [5, 5.41) is 8.50. The van der Waals surface area contributed by atoms with E-state index in [9.17, 15) is 0 Å². The zero-order chi connectivity index (χ0) is 37.4. The third-order valence-electron chi connectivity index (χ3n) is 10.8. The highest BCUT2D eigenvalue weighted by atomic mass is 15.0. The summed E-state index contributed by atoms with van der Waals surface area (Å²) < 4.78 is 0. The Morgan fingerprint density at radius 1 is 0.571 bits per heavy atom. The minimum Gasteiger partial charge on any atom is -0.380 e. The monoisotopic (exact) mass is 716 g/mol. The Kier molecular flexibility index (Phi) is 8.41. The Morgan fingerprint density at radius 2 is 1.18 bits per heavy atom. The maximum Gasteiger partial charge on any atom is 0.153 e. The van der Waals surface area contributed by atoms with E-state index in [2.05, 4.69) is 169 Å². The van der Waals surface area contributed by atoms with E-state index in [0.29, 0.717) is 12.4 Å². The summed E-state index contributed by atoms with van der Waals surface area (Å²) >= 11 is 0. The van der Waals surface area contributed by atoms with E-state index in [4.69, 9.17) is 15.7 Å². The van der Waals surface area contributed by atoms with Crippen molar-refractivity contribution in [1.82, 2.24) is 15.3 Å². The average Bonchev–Trinajstić information content (AvgIpc) is 3.60. The van der Waals surface area contributed by atoms with Crippen LogP contribution in [0.4, 0.5) is 0 Å². The van der Waals surface area contributed by atoms with Crippen LogP contribution in [0.1, 0.15) is 11.5 Å². The normalized spacial score (nSPS) is 12.7. The van der Waals surface area contributed by atoms with Gasteiger partial charge in [0.2, 0.25) is 0 Å². The number of rotatable bonds is 6. The molecule has 264 valence electrons. The summed E-state index contributed by atoms with van der Waals surface area (Å²) in [6.07, 6.45) is 9.77. The van der Waals surface area contributed by atoms with Crippen LogP contribution in [0.25, 0.3) is 100 Å². The second-order valence-electron chi connectivity index (χ2n) is 14.0. The molecule has 10 rings (SSSR count). The van der Waals surface area contributed by atoms with Crippen LogP contribution in [-0.4, -0.2) is 23.1 Å². The van der Waals surface area contributed by atoms with E-state index in [0.717, 1.165) is 34.8 Å². The Balaban J connectivity index is 1.13. The molecule has 3 N–H and O–H groups in total. The molecular weight excluding hydrogens is 681 g/mol. The molecule has 2 aliphatic rings. The Morgan fingerprint density at radius 3 is 1.84 bits per heavy atom. The van der Waals surface area contributed by atoms with E-state index < -0.39 is 0 Å². The third kappa shape index (κ3) is 5.70. The lowest BCUT2D eigenvalue weighted by atomic mass is 9.82. The van der Waals surface area contributed by atoms with Crippen molar-refractivity contribution in [3.05, 3.63) is 181 Å². The van der Waals surface area contributed by atoms with Gasteiger partial charge in [0.15, 0.2) is 5.82 Å². The van der Waals surface area contributed by atoms with Gasteiger partial charge in [-0.25, -0.2) is 9.97 Å². The lowest BCUT2D eigenvalue weighted by Gasteiger charge is -2.20. The second kappa shape index (κ2) is 14.2. The van der Waals surface area contributed by atoms with Gasteiger partial charge in [-0.15, -0.1) is 0 Å². The minimum atomic E-state index is 0.304. The largest absolute Gasteiger partial charge is 0.380 e. The Bertz CT molecular complexity index is 2890. The molecule has 1 aliphatic heterocycles. The van der Waals surface area contributed by atoms with Crippen LogP contribution < -0.4 is 11.1 Å². The molecule has 8 aromatic rings. The topological polar surface area (TPSA) is 63.8 Å². The summed E-state index contributed by atoms with van der Waals surface area (Å²) in [6, 6.07) is 52.9. The highest BCUT2D eigenvalue weighted by molar-refractivity contribution is 6.28. The SMILES string of the molecule is NCC#C/C=C/c1nc(C2=CC=CCN2)cc(-c2ccc(-c3ccc4c5c(cccc35)-c3c-4c(-c4ccccc4)c4ccccc4c3-c3ccccc3)cc2)n1. The van der Waals surface area contributed by atoms with Gasteiger partial charge in [0.25, 0.3) is 0 Å². The molecule has 0 radical (unpaired) electrons. The van der Waals surface area contributed by atoms with E-state index in [1.807, 2.05) is 18.2 Å². The van der Waals surface area contributed by atoms with Gasteiger partial charge in [0.1, 0.15) is 0 Å². The fraction of sp³-hybridized carbons (Fsp3) is 0.0385. The lowest BCUT2D eigenvalue weighted by Crippen LogP contribution is -2.16. The molecule has 0 saturated carbocycles. The molecule has 0 bridgehead atoms. The van der Waals surface area contributed by atoms with Gasteiger partial charge in [0.05, 0.1) is 23.6 Å². The molecule has 56 heavy (non-hydrogen) atoms. The number of nitrogens with one attached hydrogen (secondary N) is 1. The fourth-order valence-electron chi connectivity index (χ4n) is 8.38. The van der Waals surface area contributed by atoms with E-state index >= 15 is 0 Å². The first-order chi connectivity index (χ1) is 27.8. The summed E-state index contributed by atoms with van der Waals surface area (Å²) in [6.45, 7) is 1.06. The van der Waals surface area contributed by atoms with Crippen LogP contribution in [-0.2, 0) is 0 Å². The molecule has 0 amide bonds. The van der Waals surface area contributed by atoms with Crippen LogP contribution >= 0.6 is 0 Å². The maximum absolute atomic E-state index is 5.57. The predicted molar refractivity (Wildman–Crippen MR) is 234 cm³/mol. The van der Waals surface area contributed by atoms with E-state index in [-0.39, 0.29) is 0 Å². The van der Waals surface area contributed by atoms with Crippen LogP contribution in [0, 0.1) is 11.8 Å². The zero-order valence-electron chi connectivity index (χ0n) is 30.6. The van der Waals surface area contributed by atoms with Crippen molar-refractivity contribution in [3.63, 3.8) is 0 Å². The molecule has 1 aromatic heterocycles. The lowest BCUT2D eigenvalue weighted by molar-refractivity contribution is 0.972. The summed E-state index contributed by atoms with van der Waals surface area (Å²) in [5.41, 5.74) is 21.7. The Labute approximate surface area is 326 Å². The van der Waals surface area contributed by atoms with Crippen molar-refractivity contribution in [2.45, 2.75) is 0 Å². The van der Waals surface area contributed by atoms with Gasteiger partial charge in [-0.05, 0) is 101 Å². The molecule has 0 unspecified atom stereocenters. The Hall–Kier alpha value is -7.32. The van der Waals surface area contributed by atoms with Crippen molar-refractivity contribution < 1.29 is 0 Å². The van der Waals surface area contributed by atoms with Gasteiger partial charge in [-0.1, -0.05) is 164 Å². The molecule has 0 saturated heterocycles. The molecular formula is C52H36N4. The van der Waals surface area contributed by atoms with Crippen LogP contribution in [0.2, 0.25) is 0 Å². The van der Waals surface area contributed by atoms with E-state index in [1.165, 1.54) is 71.6 Å².